The first-order valence-electron chi connectivity index (χ1n) is 1.21. The highest BCUT2D eigenvalue weighted by Gasteiger charge is 1.17. The van der Waals surface area contributed by atoms with E-state index in [4.69, 9.17) is 0 Å². The summed E-state index contributed by atoms with van der Waals surface area (Å²) >= 11 is 4.37. The summed E-state index contributed by atoms with van der Waals surface area (Å²) in [6, 6.07) is 0. The molecule has 0 aliphatic rings. The molecule has 0 atom stereocenters. The Labute approximate surface area is 37.6 Å². The van der Waals surface area contributed by atoms with Gasteiger partial charge >= 0.3 is 0 Å². The van der Waals surface area contributed by atoms with Gasteiger partial charge in [0, 0.05) is 0 Å². The fourth-order valence-electron chi connectivity index (χ4n) is 0.0481. The zero-order valence-corrected chi connectivity index (χ0v) is 3.59. The van der Waals surface area contributed by atoms with Gasteiger partial charge in [0.25, 0.3) is 0 Å². The molecule has 0 heterocycles. The molecule has 0 unspecified atom stereocenters. The van der Waals surface area contributed by atoms with Gasteiger partial charge in [-0.25, -0.2) is 0 Å². The van der Waals surface area contributed by atoms with Crippen molar-refractivity contribution >= 4 is 12.6 Å². The van der Waals surface area contributed by atoms with Gasteiger partial charge in [0.2, 0.25) is 0 Å². The van der Waals surface area contributed by atoms with E-state index in [0.29, 0.717) is 0 Å². The van der Waals surface area contributed by atoms with Crippen molar-refractivity contribution in [1.29, 1.82) is 0 Å². The third kappa shape index (κ3) is 3.70. The van der Waals surface area contributed by atoms with Gasteiger partial charge in [-0.3, -0.25) is 12.2 Å². The maximum absolute atomic E-state index is 4.37. The molecule has 0 amide bonds. The summed E-state index contributed by atoms with van der Waals surface area (Å²) < 4.78 is 0. The van der Waals surface area contributed by atoms with E-state index in [1.807, 2.05) is 0 Å². The van der Waals surface area contributed by atoms with Gasteiger partial charge in [0.05, 0.1) is 0 Å². The van der Waals surface area contributed by atoms with Crippen molar-refractivity contribution in [2.75, 3.05) is 0 Å². The number of hydrogen-bond donors (Lipinski definition) is 0. The van der Waals surface area contributed by atoms with E-state index in [1.165, 1.54) is 5.41 Å². The molecule has 0 aliphatic carbocycles. The fraction of sp³-hybridized carbons (Fsp3) is 0. The minimum Gasteiger partial charge on any atom is -0.903 e. The van der Waals surface area contributed by atoms with Crippen LogP contribution in [0.1, 0.15) is 0 Å². The highest BCUT2D eigenvalue weighted by Crippen LogP contribution is 1.61. The molecule has 28 valence electrons. The summed E-state index contributed by atoms with van der Waals surface area (Å²) in [5.41, 5.74) is 0. The van der Waals surface area contributed by atoms with Gasteiger partial charge in [-0.2, -0.15) is 6.58 Å². The second-order valence-electron chi connectivity index (χ2n) is 0.507. The van der Waals surface area contributed by atoms with E-state index in [9.17, 15) is 0 Å². The number of hydrogen-bond acceptors (Lipinski definition) is 1. The van der Waals surface area contributed by atoms with Crippen LogP contribution in [0.4, 0.5) is 0 Å². The van der Waals surface area contributed by atoms with Crippen molar-refractivity contribution in [1.82, 2.24) is 0 Å². The third-order valence-electron chi connectivity index (χ3n) is 0.186. The molecule has 0 nitrogen and oxygen atoms in total. The van der Waals surface area contributed by atoms with Gasteiger partial charge < -0.3 is 18.0 Å². The average Bonchev–Trinajstić information content (AvgIpc) is 1.41. The normalized spacial score (nSPS) is 8.80. The largest absolute Gasteiger partial charge is 0.903 e. The molecule has 0 spiro atoms. The third-order valence-corrected chi connectivity index (χ3v) is 0.322. The van der Waals surface area contributed by atoms with Crippen molar-refractivity contribution in [2.45, 2.75) is 0 Å². The van der Waals surface area contributed by atoms with E-state index in [-0.39, 0.29) is 0 Å². The highest BCUT2D eigenvalue weighted by molar-refractivity contribution is 7.62. The minimum absolute atomic E-state index is 1.47. The molecule has 0 aromatic rings. The highest BCUT2D eigenvalue weighted by atomic mass is 32.1. The van der Waals surface area contributed by atoms with Crippen LogP contribution in [0.5, 0.6) is 0 Å². The molecule has 0 aromatic heterocycles. The molecule has 0 bridgehead atoms. The zero-order chi connectivity index (χ0) is 4.12. The van der Waals surface area contributed by atoms with Crippen molar-refractivity contribution in [3.63, 3.8) is 0 Å². The summed E-state index contributed by atoms with van der Waals surface area (Å²) in [7, 11) is 0. The SMILES string of the molecule is C=[C-]/C=C\[S-]. The Morgan fingerprint density at radius 2 is 2.40 bits per heavy atom. The van der Waals surface area contributed by atoms with E-state index in [0.717, 1.165) is 0 Å². The van der Waals surface area contributed by atoms with Crippen molar-refractivity contribution < 1.29 is 0 Å². The predicted molar refractivity (Wildman–Crippen MR) is 25.4 cm³/mol. The molecular weight excluding hydrogens is 80.1 g/mol. The predicted octanol–water partition coefficient (Wildman–Crippen LogP) is 1.04. The Morgan fingerprint density at radius 1 is 1.80 bits per heavy atom. The monoisotopic (exact) mass is 84.0 g/mol. The topological polar surface area (TPSA) is 0 Å². The minimum atomic E-state index is 1.47. The van der Waals surface area contributed by atoms with E-state index in [1.54, 1.807) is 6.08 Å². The lowest BCUT2D eigenvalue weighted by Gasteiger charge is -1.91. The Morgan fingerprint density at radius 3 is 2.40 bits per heavy atom. The fourth-order valence-corrected chi connectivity index (χ4v) is 0.144. The second kappa shape index (κ2) is 3.70. The van der Waals surface area contributed by atoms with Crippen LogP contribution in [-0.4, -0.2) is 0 Å². The molecule has 0 N–H and O–H groups in total. The first-order valence-corrected chi connectivity index (χ1v) is 1.68. The first-order chi connectivity index (χ1) is 2.41. The molecule has 0 fully saturated rings. The Hall–Kier alpha value is -0.300. The molecular formula is C4H4S-2. The first kappa shape index (κ1) is 4.70. The lowest BCUT2D eigenvalue weighted by molar-refractivity contribution is 2.02. The van der Waals surface area contributed by atoms with Gasteiger partial charge in [-0.05, 0) is 0 Å². The van der Waals surface area contributed by atoms with Crippen LogP contribution in [0, 0.1) is 6.08 Å². The molecule has 0 rings (SSSR count). The van der Waals surface area contributed by atoms with E-state index in [2.05, 4.69) is 25.3 Å². The molecule has 1 heteroatoms. The molecule has 5 heavy (non-hydrogen) atoms. The summed E-state index contributed by atoms with van der Waals surface area (Å²) in [5.74, 6) is 0. The van der Waals surface area contributed by atoms with Crippen LogP contribution >= 0.6 is 0 Å². The van der Waals surface area contributed by atoms with Gasteiger partial charge in [-0.15, -0.1) is 0 Å². The van der Waals surface area contributed by atoms with Gasteiger partial charge in [0.15, 0.2) is 0 Å². The quantitative estimate of drug-likeness (QED) is 0.260. The molecule has 0 saturated heterocycles. The summed E-state index contributed by atoms with van der Waals surface area (Å²) in [6.07, 6.45) is 4.06. The molecule has 0 radical (unpaired) electrons. The van der Waals surface area contributed by atoms with Crippen LogP contribution in [0.15, 0.2) is 18.1 Å². The molecule has 0 saturated carbocycles. The Kier molecular flexibility index (Phi) is 3.48. The maximum Gasteiger partial charge on any atom is -0.191 e. The van der Waals surface area contributed by atoms with Crippen molar-refractivity contribution in [2.24, 2.45) is 0 Å². The van der Waals surface area contributed by atoms with E-state index >= 15 is 0 Å². The van der Waals surface area contributed by atoms with Crippen LogP contribution in [0.3, 0.4) is 0 Å². The van der Waals surface area contributed by atoms with Crippen molar-refractivity contribution in [3.05, 3.63) is 24.1 Å². The Bertz CT molecular complexity index is 45.6. The Balaban J connectivity index is 2.92. The molecule has 0 aromatic carbocycles. The molecule has 0 aliphatic heterocycles. The summed E-state index contributed by atoms with van der Waals surface area (Å²) in [6.45, 7) is 3.27. The lowest BCUT2D eigenvalue weighted by atomic mass is 10.6. The number of rotatable bonds is 1. The van der Waals surface area contributed by atoms with Gasteiger partial charge in [-0.1, -0.05) is 0 Å². The lowest BCUT2D eigenvalue weighted by Crippen LogP contribution is -1.37. The van der Waals surface area contributed by atoms with Crippen LogP contribution in [0.25, 0.3) is 0 Å². The van der Waals surface area contributed by atoms with Crippen LogP contribution in [0.2, 0.25) is 0 Å². The van der Waals surface area contributed by atoms with E-state index < -0.39 is 0 Å². The summed E-state index contributed by atoms with van der Waals surface area (Å²) in [5, 5.41) is 1.47. The maximum atomic E-state index is 4.37. The smallest absolute Gasteiger partial charge is 0.191 e. The van der Waals surface area contributed by atoms with Crippen molar-refractivity contribution in [3.8, 4) is 0 Å². The second-order valence-corrected chi connectivity index (χ2v) is 0.779. The zero-order valence-electron chi connectivity index (χ0n) is 2.77. The van der Waals surface area contributed by atoms with Crippen LogP contribution in [-0.2, 0) is 12.6 Å². The van der Waals surface area contributed by atoms with Gasteiger partial charge in [0.1, 0.15) is 0 Å². The number of allylic oxidation sites excluding steroid dienone is 2. The standard InChI is InChI=1S/C4H5S/c1-2-3-4-5/h3-5H,1H2/q-1/p-1/b4-3-. The van der Waals surface area contributed by atoms with Crippen LogP contribution < -0.4 is 0 Å². The summed E-state index contributed by atoms with van der Waals surface area (Å²) in [4.78, 5) is 0. The average molecular weight is 84.1 g/mol.